The van der Waals surface area contributed by atoms with E-state index >= 15 is 0 Å². The molecule has 1 aliphatic rings. The van der Waals surface area contributed by atoms with Crippen LogP contribution < -0.4 is 5.32 Å². The zero-order valence-electron chi connectivity index (χ0n) is 17.6. The van der Waals surface area contributed by atoms with Crippen molar-refractivity contribution in [1.29, 1.82) is 0 Å². The highest BCUT2D eigenvalue weighted by atomic mass is 127. The number of hydrogen-bond donors (Lipinski definition) is 1. The van der Waals surface area contributed by atoms with Gasteiger partial charge in [-0.1, -0.05) is 20.8 Å². The minimum atomic E-state index is 0. The van der Waals surface area contributed by atoms with Crippen LogP contribution in [-0.4, -0.2) is 55.7 Å². The second-order valence-electron chi connectivity index (χ2n) is 8.13. The first-order chi connectivity index (χ1) is 12.4. The fourth-order valence-electron chi connectivity index (χ4n) is 3.01. The zero-order valence-corrected chi connectivity index (χ0v) is 20.7. The Bertz CT molecular complexity index is 565. The van der Waals surface area contributed by atoms with Crippen LogP contribution in [0, 0.1) is 5.92 Å². The van der Waals surface area contributed by atoms with Crippen molar-refractivity contribution in [2.45, 2.75) is 58.8 Å². The molecule has 7 heteroatoms. The van der Waals surface area contributed by atoms with Crippen LogP contribution in [0.5, 0.6) is 0 Å². The number of rotatable bonds is 7. The third-order valence-electron chi connectivity index (χ3n) is 4.82. The first kappa shape index (κ1) is 24.6. The lowest BCUT2D eigenvalue weighted by Gasteiger charge is -2.26. The van der Waals surface area contributed by atoms with Gasteiger partial charge >= 0.3 is 0 Å². The molecule has 0 unspecified atom stereocenters. The van der Waals surface area contributed by atoms with Crippen LogP contribution in [0.15, 0.2) is 10.4 Å². The lowest BCUT2D eigenvalue weighted by atomic mass is 9.93. The summed E-state index contributed by atoms with van der Waals surface area (Å²) in [6.07, 6.45) is 4.51. The van der Waals surface area contributed by atoms with Gasteiger partial charge in [-0.15, -0.1) is 35.3 Å². The molecule has 0 aromatic carbocycles. The van der Waals surface area contributed by atoms with Gasteiger partial charge in [-0.05, 0) is 32.1 Å². The first-order valence-electron chi connectivity index (χ1n) is 9.92. The van der Waals surface area contributed by atoms with E-state index < -0.39 is 0 Å². The summed E-state index contributed by atoms with van der Waals surface area (Å²) in [4.78, 5) is 11.9. The van der Waals surface area contributed by atoms with E-state index in [-0.39, 0.29) is 29.4 Å². The van der Waals surface area contributed by atoms with Crippen molar-refractivity contribution in [3.63, 3.8) is 0 Å². The third-order valence-corrected chi connectivity index (χ3v) is 5.73. The molecule has 0 saturated carbocycles. The van der Waals surface area contributed by atoms with Crippen LogP contribution in [-0.2, 0) is 16.6 Å². The smallest absolute Gasteiger partial charge is 0.193 e. The van der Waals surface area contributed by atoms with Gasteiger partial charge in [0, 0.05) is 57.1 Å². The van der Waals surface area contributed by atoms with Crippen LogP contribution in [0.4, 0.5) is 0 Å². The van der Waals surface area contributed by atoms with Gasteiger partial charge in [0.1, 0.15) is 0 Å². The predicted molar refractivity (Wildman–Crippen MR) is 127 cm³/mol. The molecule has 2 heterocycles. The van der Waals surface area contributed by atoms with E-state index in [0.717, 1.165) is 51.1 Å². The summed E-state index contributed by atoms with van der Waals surface area (Å²) < 4.78 is 5.46. The fourth-order valence-corrected chi connectivity index (χ4v) is 4.03. The quantitative estimate of drug-likeness (QED) is 0.339. The summed E-state index contributed by atoms with van der Waals surface area (Å²) in [5.74, 6) is 1.80. The molecule has 1 N–H and O–H groups in total. The van der Waals surface area contributed by atoms with Crippen molar-refractivity contribution in [3.8, 4) is 0 Å². The SMILES string of the molecule is CCNC(=NCCc1nc(C(C)(C)C)cs1)N(C)CCC1CCOCC1.I. The number of nitrogens with one attached hydrogen (secondary N) is 1. The summed E-state index contributed by atoms with van der Waals surface area (Å²) in [6, 6.07) is 0. The maximum Gasteiger partial charge on any atom is 0.193 e. The van der Waals surface area contributed by atoms with Crippen LogP contribution in [0.1, 0.15) is 57.7 Å². The average Bonchev–Trinajstić information content (AvgIpc) is 3.09. The van der Waals surface area contributed by atoms with Crippen LogP contribution in [0.2, 0.25) is 0 Å². The zero-order chi connectivity index (χ0) is 19.0. The summed E-state index contributed by atoms with van der Waals surface area (Å²) in [6.45, 7) is 13.3. The van der Waals surface area contributed by atoms with E-state index in [1.54, 1.807) is 11.3 Å². The van der Waals surface area contributed by atoms with Crippen LogP contribution in [0.3, 0.4) is 0 Å². The molecule has 1 fully saturated rings. The number of hydrogen-bond acceptors (Lipinski definition) is 4. The summed E-state index contributed by atoms with van der Waals surface area (Å²) in [5.41, 5.74) is 1.30. The third kappa shape index (κ3) is 8.64. The minimum Gasteiger partial charge on any atom is -0.381 e. The van der Waals surface area contributed by atoms with E-state index in [4.69, 9.17) is 14.7 Å². The standard InChI is InChI=1S/C20H36N4OS.HI/c1-6-21-19(24(5)12-8-16-9-13-25-14-10-16)22-11-7-18-23-17(15-26-18)20(2,3)4;/h15-16H,6-14H2,1-5H3,(H,21,22);1H. The average molecular weight is 509 g/mol. The molecular formula is C20H37IN4OS. The second kappa shape index (κ2) is 12.2. The number of thiazole rings is 1. The van der Waals surface area contributed by atoms with Gasteiger partial charge in [0.15, 0.2) is 5.96 Å². The Labute approximate surface area is 186 Å². The van der Waals surface area contributed by atoms with Crippen molar-refractivity contribution < 1.29 is 4.74 Å². The molecule has 1 aromatic rings. The Morgan fingerprint density at radius 3 is 2.67 bits per heavy atom. The summed E-state index contributed by atoms with van der Waals surface area (Å²) in [7, 11) is 2.14. The molecule has 5 nitrogen and oxygen atoms in total. The molecule has 0 bridgehead atoms. The molecular weight excluding hydrogens is 471 g/mol. The van der Waals surface area contributed by atoms with Crippen molar-refractivity contribution in [3.05, 3.63) is 16.1 Å². The van der Waals surface area contributed by atoms with Gasteiger partial charge in [-0.3, -0.25) is 4.99 Å². The molecule has 156 valence electrons. The first-order valence-corrected chi connectivity index (χ1v) is 10.8. The van der Waals surface area contributed by atoms with Gasteiger partial charge in [0.2, 0.25) is 0 Å². The van der Waals surface area contributed by atoms with Crippen LogP contribution in [0.25, 0.3) is 0 Å². The van der Waals surface area contributed by atoms with E-state index in [0.29, 0.717) is 0 Å². The summed E-state index contributed by atoms with van der Waals surface area (Å²) in [5, 5.41) is 6.78. The number of guanidine groups is 1. The number of halogens is 1. The molecule has 1 saturated heterocycles. The maximum absolute atomic E-state index is 5.46. The Morgan fingerprint density at radius 2 is 2.07 bits per heavy atom. The van der Waals surface area contributed by atoms with E-state index in [1.165, 1.54) is 30.0 Å². The monoisotopic (exact) mass is 508 g/mol. The molecule has 0 radical (unpaired) electrons. The molecule has 1 aromatic heterocycles. The van der Waals surface area contributed by atoms with Crippen LogP contribution >= 0.6 is 35.3 Å². The number of aliphatic imine (C=N–C) groups is 1. The topological polar surface area (TPSA) is 49.8 Å². The molecule has 2 rings (SSSR count). The highest BCUT2D eigenvalue weighted by molar-refractivity contribution is 14.0. The number of nitrogens with zero attached hydrogens (tertiary/aromatic N) is 3. The largest absolute Gasteiger partial charge is 0.381 e. The van der Waals surface area contributed by atoms with Gasteiger partial charge in [0.05, 0.1) is 10.7 Å². The molecule has 1 aliphatic heterocycles. The van der Waals surface area contributed by atoms with Gasteiger partial charge in [-0.2, -0.15) is 0 Å². The van der Waals surface area contributed by atoms with Gasteiger partial charge < -0.3 is 15.0 Å². The Hall–Kier alpha value is -0.410. The van der Waals surface area contributed by atoms with Crippen molar-refractivity contribution in [1.82, 2.24) is 15.2 Å². The van der Waals surface area contributed by atoms with Crippen molar-refractivity contribution in [2.75, 3.05) is 39.9 Å². The molecule has 27 heavy (non-hydrogen) atoms. The molecule has 0 amide bonds. The Morgan fingerprint density at radius 1 is 1.37 bits per heavy atom. The highest BCUT2D eigenvalue weighted by Gasteiger charge is 2.17. The second-order valence-corrected chi connectivity index (χ2v) is 9.07. The lowest BCUT2D eigenvalue weighted by molar-refractivity contribution is 0.0625. The van der Waals surface area contributed by atoms with Gasteiger partial charge in [-0.25, -0.2) is 4.98 Å². The molecule has 0 aliphatic carbocycles. The Balaban J connectivity index is 0.00000364. The Kier molecular flexibility index (Phi) is 11.1. The van der Waals surface area contributed by atoms with E-state index in [9.17, 15) is 0 Å². The van der Waals surface area contributed by atoms with Crippen molar-refractivity contribution in [2.24, 2.45) is 10.9 Å². The highest BCUT2D eigenvalue weighted by Crippen LogP contribution is 2.24. The van der Waals surface area contributed by atoms with E-state index in [2.05, 4.69) is 50.3 Å². The fraction of sp³-hybridized carbons (Fsp3) is 0.800. The maximum atomic E-state index is 5.46. The minimum absolute atomic E-state index is 0. The van der Waals surface area contributed by atoms with Gasteiger partial charge in [0.25, 0.3) is 0 Å². The normalized spacial score (nSPS) is 16.1. The summed E-state index contributed by atoms with van der Waals surface area (Å²) >= 11 is 1.75. The molecule has 0 spiro atoms. The van der Waals surface area contributed by atoms with Crippen molar-refractivity contribution >= 4 is 41.3 Å². The van der Waals surface area contributed by atoms with E-state index in [1.807, 2.05) is 0 Å². The lowest BCUT2D eigenvalue weighted by Crippen LogP contribution is -2.40. The predicted octanol–water partition coefficient (Wildman–Crippen LogP) is 4.32. The number of aromatic nitrogens is 1. The molecule has 0 atom stereocenters. The number of ether oxygens (including phenoxy) is 1.